The Morgan fingerprint density at radius 1 is 0.812 bits per heavy atom. The second-order valence-electron chi connectivity index (χ2n) is 7.58. The topological polar surface area (TPSA) is 48.0 Å². The molecule has 0 aliphatic rings. The summed E-state index contributed by atoms with van der Waals surface area (Å²) in [6, 6.07) is 23.8. The summed E-state index contributed by atoms with van der Waals surface area (Å²) < 4.78 is 11.0. The third kappa shape index (κ3) is 7.29. The SMILES string of the molecule is C=CCOC(=O)N(Cc1ccc(C)cc1)OCc1ccc(OCc2ccc(C)cc2)cc1. The number of carbonyl (C=O) groups is 1. The van der Waals surface area contributed by atoms with Gasteiger partial charge in [-0.3, -0.25) is 4.84 Å². The quantitative estimate of drug-likeness (QED) is 0.286. The van der Waals surface area contributed by atoms with Gasteiger partial charge in [-0.15, -0.1) is 0 Å². The number of amides is 1. The van der Waals surface area contributed by atoms with E-state index in [1.54, 1.807) is 0 Å². The molecular formula is C27H29NO4. The first-order chi connectivity index (χ1) is 15.5. The van der Waals surface area contributed by atoms with Crippen molar-refractivity contribution in [1.82, 2.24) is 5.06 Å². The molecule has 3 aromatic rings. The van der Waals surface area contributed by atoms with Crippen LogP contribution in [0.25, 0.3) is 0 Å². The van der Waals surface area contributed by atoms with Crippen molar-refractivity contribution in [3.8, 4) is 5.75 Å². The van der Waals surface area contributed by atoms with Crippen molar-refractivity contribution in [2.45, 2.75) is 33.6 Å². The molecule has 0 aromatic heterocycles. The lowest BCUT2D eigenvalue weighted by Gasteiger charge is -2.21. The van der Waals surface area contributed by atoms with Gasteiger partial charge in [0.1, 0.15) is 25.6 Å². The summed E-state index contributed by atoms with van der Waals surface area (Å²) in [7, 11) is 0. The molecule has 5 nitrogen and oxygen atoms in total. The number of rotatable bonds is 10. The molecule has 0 bridgehead atoms. The normalized spacial score (nSPS) is 10.4. The first-order valence-electron chi connectivity index (χ1n) is 10.5. The van der Waals surface area contributed by atoms with Crippen molar-refractivity contribution < 1.29 is 19.1 Å². The van der Waals surface area contributed by atoms with Gasteiger partial charge >= 0.3 is 6.09 Å². The molecular weight excluding hydrogens is 402 g/mol. The minimum atomic E-state index is -0.552. The number of hydrogen-bond donors (Lipinski definition) is 0. The molecule has 0 aliphatic heterocycles. The highest BCUT2D eigenvalue weighted by atomic mass is 16.7. The lowest BCUT2D eigenvalue weighted by atomic mass is 10.1. The van der Waals surface area contributed by atoms with Gasteiger partial charge in [0, 0.05) is 0 Å². The Morgan fingerprint density at radius 2 is 1.34 bits per heavy atom. The van der Waals surface area contributed by atoms with Crippen LogP contribution < -0.4 is 4.74 Å². The van der Waals surface area contributed by atoms with E-state index in [0.717, 1.165) is 28.0 Å². The Labute approximate surface area is 189 Å². The predicted octanol–water partition coefficient (Wildman–Crippen LogP) is 6.14. The molecule has 3 aromatic carbocycles. The molecule has 0 fully saturated rings. The number of nitrogens with zero attached hydrogens (tertiary/aromatic N) is 1. The van der Waals surface area contributed by atoms with Crippen molar-refractivity contribution in [2.24, 2.45) is 0 Å². The summed E-state index contributed by atoms with van der Waals surface area (Å²) in [6.07, 6.45) is 0.973. The van der Waals surface area contributed by atoms with E-state index in [9.17, 15) is 4.79 Å². The van der Waals surface area contributed by atoms with E-state index in [0.29, 0.717) is 6.61 Å². The molecule has 0 unspecified atom stereocenters. The fourth-order valence-electron chi connectivity index (χ4n) is 2.91. The second kappa shape index (κ2) is 11.7. The fraction of sp³-hybridized carbons (Fsp3) is 0.222. The van der Waals surface area contributed by atoms with Gasteiger partial charge < -0.3 is 9.47 Å². The van der Waals surface area contributed by atoms with E-state index in [1.807, 2.05) is 55.5 Å². The average Bonchev–Trinajstić information content (AvgIpc) is 2.81. The summed E-state index contributed by atoms with van der Waals surface area (Å²) in [6.45, 7) is 8.81. The summed E-state index contributed by atoms with van der Waals surface area (Å²) in [4.78, 5) is 18.2. The Balaban J connectivity index is 1.56. The second-order valence-corrected chi connectivity index (χ2v) is 7.58. The van der Waals surface area contributed by atoms with Crippen molar-refractivity contribution in [1.29, 1.82) is 0 Å². The van der Waals surface area contributed by atoms with Gasteiger partial charge in [0.2, 0.25) is 0 Å². The van der Waals surface area contributed by atoms with Gasteiger partial charge in [-0.25, -0.2) is 4.79 Å². The van der Waals surface area contributed by atoms with Crippen LogP contribution in [0.5, 0.6) is 5.75 Å². The van der Waals surface area contributed by atoms with E-state index in [2.05, 4.69) is 37.8 Å². The minimum absolute atomic E-state index is 0.125. The first-order valence-corrected chi connectivity index (χ1v) is 10.5. The maximum Gasteiger partial charge on any atom is 0.434 e. The molecule has 3 rings (SSSR count). The van der Waals surface area contributed by atoms with Crippen LogP contribution in [0.1, 0.15) is 27.8 Å². The summed E-state index contributed by atoms with van der Waals surface area (Å²) >= 11 is 0. The van der Waals surface area contributed by atoms with Gasteiger partial charge in [-0.2, -0.15) is 5.06 Å². The molecule has 0 spiro atoms. The third-order valence-electron chi connectivity index (χ3n) is 4.81. The van der Waals surface area contributed by atoms with E-state index >= 15 is 0 Å². The molecule has 166 valence electrons. The van der Waals surface area contributed by atoms with Gasteiger partial charge in [0.05, 0.1) is 6.54 Å². The van der Waals surface area contributed by atoms with Crippen LogP contribution in [0.3, 0.4) is 0 Å². The summed E-state index contributed by atoms with van der Waals surface area (Å²) in [5.74, 6) is 0.774. The molecule has 0 heterocycles. The number of ether oxygens (including phenoxy) is 2. The number of hydroxylamine groups is 2. The van der Waals surface area contributed by atoms with Crippen molar-refractivity contribution >= 4 is 6.09 Å². The minimum Gasteiger partial charge on any atom is -0.489 e. The highest BCUT2D eigenvalue weighted by Crippen LogP contribution is 2.17. The molecule has 0 atom stereocenters. The van der Waals surface area contributed by atoms with Crippen LogP contribution in [0.2, 0.25) is 0 Å². The third-order valence-corrected chi connectivity index (χ3v) is 4.81. The fourth-order valence-corrected chi connectivity index (χ4v) is 2.91. The average molecular weight is 432 g/mol. The number of hydrogen-bond acceptors (Lipinski definition) is 4. The summed E-state index contributed by atoms with van der Waals surface area (Å²) in [5.41, 5.74) is 5.36. The monoisotopic (exact) mass is 431 g/mol. The lowest BCUT2D eigenvalue weighted by Crippen LogP contribution is -2.31. The van der Waals surface area contributed by atoms with Crippen LogP contribution in [-0.2, 0) is 29.3 Å². The number of carbonyl (C=O) groups excluding carboxylic acids is 1. The Kier molecular flexibility index (Phi) is 8.46. The molecule has 0 radical (unpaired) electrons. The predicted molar refractivity (Wildman–Crippen MR) is 125 cm³/mol. The molecule has 1 amide bonds. The molecule has 0 saturated carbocycles. The van der Waals surface area contributed by atoms with E-state index < -0.39 is 6.09 Å². The molecule has 0 aliphatic carbocycles. The van der Waals surface area contributed by atoms with E-state index in [1.165, 1.54) is 16.7 Å². The van der Waals surface area contributed by atoms with Gasteiger partial charge in [0.25, 0.3) is 0 Å². The highest BCUT2D eigenvalue weighted by molar-refractivity contribution is 5.66. The zero-order chi connectivity index (χ0) is 22.8. The molecule has 0 saturated heterocycles. The van der Waals surface area contributed by atoms with Gasteiger partial charge in [-0.1, -0.05) is 84.4 Å². The number of aryl methyl sites for hydroxylation is 2. The van der Waals surface area contributed by atoms with Crippen molar-refractivity contribution in [3.05, 3.63) is 113 Å². The Morgan fingerprint density at radius 3 is 1.94 bits per heavy atom. The summed E-state index contributed by atoms with van der Waals surface area (Å²) in [5, 5.41) is 1.23. The standard InChI is InChI=1S/C27H29NO4/c1-4-17-30-27(29)28(18-23-9-5-21(2)6-10-23)32-20-25-13-15-26(16-14-25)31-19-24-11-7-22(3)8-12-24/h4-16H,1,17-20H2,2-3H3. The lowest BCUT2D eigenvalue weighted by molar-refractivity contribution is -0.151. The van der Waals surface area contributed by atoms with Gasteiger partial charge in [0.15, 0.2) is 0 Å². The maximum atomic E-state index is 12.4. The highest BCUT2D eigenvalue weighted by Gasteiger charge is 2.17. The van der Waals surface area contributed by atoms with Gasteiger partial charge in [-0.05, 0) is 42.7 Å². The van der Waals surface area contributed by atoms with Crippen LogP contribution in [-0.4, -0.2) is 17.8 Å². The number of benzene rings is 3. The van der Waals surface area contributed by atoms with Crippen molar-refractivity contribution in [2.75, 3.05) is 6.61 Å². The van der Waals surface area contributed by atoms with Crippen LogP contribution in [0, 0.1) is 13.8 Å². The Bertz CT molecular complexity index is 995. The molecule has 32 heavy (non-hydrogen) atoms. The van der Waals surface area contributed by atoms with E-state index in [-0.39, 0.29) is 19.8 Å². The smallest absolute Gasteiger partial charge is 0.434 e. The zero-order valence-electron chi connectivity index (χ0n) is 18.6. The van der Waals surface area contributed by atoms with Crippen molar-refractivity contribution in [3.63, 3.8) is 0 Å². The van der Waals surface area contributed by atoms with E-state index in [4.69, 9.17) is 14.3 Å². The Hall–Kier alpha value is -3.57. The van der Waals surface area contributed by atoms with Crippen LogP contribution in [0.15, 0.2) is 85.5 Å². The molecule has 5 heteroatoms. The first kappa shape index (κ1) is 23.1. The van der Waals surface area contributed by atoms with Crippen LogP contribution in [0.4, 0.5) is 4.79 Å². The molecule has 0 N–H and O–H groups in total. The largest absolute Gasteiger partial charge is 0.489 e. The maximum absolute atomic E-state index is 12.4. The zero-order valence-corrected chi connectivity index (χ0v) is 18.6. The van der Waals surface area contributed by atoms with Crippen LogP contribution >= 0.6 is 0 Å².